The van der Waals surface area contributed by atoms with Gasteiger partial charge in [-0.15, -0.1) is 0 Å². The molecule has 0 amide bonds. The van der Waals surface area contributed by atoms with E-state index in [-0.39, 0.29) is 0 Å². The molecule has 2 heterocycles. The highest BCUT2D eigenvalue weighted by Crippen LogP contribution is 2.38. The summed E-state index contributed by atoms with van der Waals surface area (Å²) in [6.45, 7) is 2.21. The number of nitrogens with two attached hydrogens (primary N) is 1. The van der Waals surface area contributed by atoms with E-state index in [1.807, 2.05) is 12.1 Å². The lowest BCUT2D eigenvalue weighted by molar-refractivity contribution is 0.418. The fraction of sp³-hybridized carbons (Fsp3) is 0.412. The Balaban J connectivity index is 2.17. The summed E-state index contributed by atoms with van der Waals surface area (Å²) < 4.78 is 5.54. The van der Waals surface area contributed by atoms with E-state index in [2.05, 4.69) is 18.0 Å². The van der Waals surface area contributed by atoms with Gasteiger partial charge in [-0.3, -0.25) is 0 Å². The van der Waals surface area contributed by atoms with E-state index in [9.17, 15) is 5.26 Å². The monoisotopic (exact) mass is 281 g/mol. The Hall–Kier alpha value is -2.28. The Morgan fingerprint density at radius 1 is 1.52 bits per heavy atom. The minimum absolute atomic E-state index is 0.316. The third-order valence-electron chi connectivity index (χ3n) is 4.27. The molecule has 0 saturated carbocycles. The maximum Gasteiger partial charge on any atom is 0.142 e. The Kier molecular flexibility index (Phi) is 3.66. The van der Waals surface area contributed by atoms with Gasteiger partial charge in [-0.05, 0) is 42.9 Å². The number of rotatable bonds is 3. The van der Waals surface area contributed by atoms with Gasteiger partial charge >= 0.3 is 0 Å². The second-order valence-corrected chi connectivity index (χ2v) is 5.66. The van der Waals surface area contributed by atoms with Gasteiger partial charge in [0.15, 0.2) is 0 Å². The van der Waals surface area contributed by atoms with Crippen LogP contribution in [-0.4, -0.2) is 4.98 Å². The van der Waals surface area contributed by atoms with Gasteiger partial charge in [-0.2, -0.15) is 5.26 Å². The first-order valence-electron chi connectivity index (χ1n) is 7.49. The van der Waals surface area contributed by atoms with Gasteiger partial charge in [0.05, 0.1) is 6.26 Å². The second kappa shape index (κ2) is 5.61. The summed E-state index contributed by atoms with van der Waals surface area (Å²) in [5.74, 6) is 1.69. The molecule has 2 aromatic rings. The van der Waals surface area contributed by atoms with Crippen molar-refractivity contribution in [3.63, 3.8) is 0 Å². The Morgan fingerprint density at radius 3 is 3.05 bits per heavy atom. The van der Waals surface area contributed by atoms with Crippen LogP contribution in [0.15, 0.2) is 22.8 Å². The molecule has 1 aliphatic carbocycles. The quantitative estimate of drug-likeness (QED) is 0.930. The molecular formula is C17H19N3O. The van der Waals surface area contributed by atoms with E-state index < -0.39 is 0 Å². The standard InChI is InChI=1S/C17H19N3O/c1-2-4-11-6-7-14-12(9-11)16(15-5-3-8-21-15)13(10-18)17(19)20-14/h3,5,8,11H,2,4,6-7,9H2,1H3,(H2,19,20). The highest BCUT2D eigenvalue weighted by atomic mass is 16.3. The van der Waals surface area contributed by atoms with Crippen LogP contribution in [0.4, 0.5) is 5.82 Å². The highest BCUT2D eigenvalue weighted by Gasteiger charge is 2.27. The molecule has 2 N–H and O–H groups in total. The van der Waals surface area contributed by atoms with Gasteiger partial charge in [0.1, 0.15) is 23.2 Å². The summed E-state index contributed by atoms with van der Waals surface area (Å²) in [5, 5.41) is 9.46. The van der Waals surface area contributed by atoms with Gasteiger partial charge in [0, 0.05) is 11.3 Å². The average Bonchev–Trinajstić information content (AvgIpc) is 3.00. The van der Waals surface area contributed by atoms with E-state index in [4.69, 9.17) is 10.2 Å². The van der Waals surface area contributed by atoms with Crippen LogP contribution in [0.3, 0.4) is 0 Å². The molecule has 0 aromatic carbocycles. The molecule has 0 bridgehead atoms. The molecule has 0 saturated heterocycles. The van der Waals surface area contributed by atoms with Crippen LogP contribution >= 0.6 is 0 Å². The molecule has 4 heteroatoms. The van der Waals surface area contributed by atoms with Crippen LogP contribution in [0.2, 0.25) is 0 Å². The lowest BCUT2D eigenvalue weighted by Gasteiger charge is -2.26. The number of nitrogen functional groups attached to an aromatic ring is 1. The van der Waals surface area contributed by atoms with Crippen molar-refractivity contribution in [1.82, 2.24) is 4.98 Å². The maximum absolute atomic E-state index is 9.46. The van der Waals surface area contributed by atoms with Crippen molar-refractivity contribution in [2.24, 2.45) is 5.92 Å². The number of furan rings is 1. The minimum atomic E-state index is 0.316. The zero-order valence-electron chi connectivity index (χ0n) is 12.2. The number of nitriles is 1. The molecular weight excluding hydrogens is 262 g/mol. The maximum atomic E-state index is 9.46. The lowest BCUT2D eigenvalue weighted by atomic mass is 9.80. The van der Waals surface area contributed by atoms with Gasteiger partial charge in [-0.1, -0.05) is 19.8 Å². The predicted molar refractivity (Wildman–Crippen MR) is 81.5 cm³/mol. The van der Waals surface area contributed by atoms with Crippen molar-refractivity contribution >= 4 is 5.82 Å². The molecule has 0 radical (unpaired) electrons. The van der Waals surface area contributed by atoms with Crippen molar-refractivity contribution in [1.29, 1.82) is 5.26 Å². The Bertz CT molecular complexity index is 683. The van der Waals surface area contributed by atoms with Crippen molar-refractivity contribution < 1.29 is 4.42 Å². The van der Waals surface area contributed by atoms with E-state index >= 15 is 0 Å². The molecule has 3 rings (SSSR count). The highest BCUT2D eigenvalue weighted by molar-refractivity contribution is 5.76. The van der Waals surface area contributed by atoms with Crippen molar-refractivity contribution in [2.75, 3.05) is 5.73 Å². The van der Waals surface area contributed by atoms with E-state index in [0.29, 0.717) is 23.1 Å². The predicted octanol–water partition coefficient (Wildman–Crippen LogP) is 3.70. The fourth-order valence-electron chi connectivity index (χ4n) is 3.31. The third-order valence-corrected chi connectivity index (χ3v) is 4.27. The lowest BCUT2D eigenvalue weighted by Crippen LogP contribution is -2.18. The summed E-state index contributed by atoms with van der Waals surface area (Å²) in [7, 11) is 0. The SMILES string of the molecule is CCCC1CCc2nc(N)c(C#N)c(-c3ccco3)c2C1. The summed E-state index contributed by atoms with van der Waals surface area (Å²) in [5.41, 5.74) is 9.46. The van der Waals surface area contributed by atoms with Crippen LogP contribution in [0.25, 0.3) is 11.3 Å². The minimum Gasteiger partial charge on any atom is -0.464 e. The largest absolute Gasteiger partial charge is 0.464 e. The van der Waals surface area contributed by atoms with Crippen LogP contribution < -0.4 is 5.73 Å². The molecule has 1 atom stereocenters. The van der Waals surface area contributed by atoms with Crippen molar-refractivity contribution in [2.45, 2.75) is 39.0 Å². The van der Waals surface area contributed by atoms with Gasteiger partial charge in [0.25, 0.3) is 0 Å². The summed E-state index contributed by atoms with van der Waals surface area (Å²) >= 11 is 0. The smallest absolute Gasteiger partial charge is 0.142 e. The van der Waals surface area contributed by atoms with Crippen molar-refractivity contribution in [3.05, 3.63) is 35.2 Å². The number of hydrogen-bond donors (Lipinski definition) is 1. The summed E-state index contributed by atoms with van der Waals surface area (Å²) in [6, 6.07) is 5.93. The molecule has 2 aromatic heterocycles. The van der Waals surface area contributed by atoms with Gasteiger partial charge in [0.2, 0.25) is 0 Å². The number of aryl methyl sites for hydroxylation is 1. The summed E-state index contributed by atoms with van der Waals surface area (Å²) in [4.78, 5) is 4.46. The number of fused-ring (bicyclic) bond motifs is 1. The molecule has 1 aliphatic rings. The Morgan fingerprint density at radius 2 is 2.38 bits per heavy atom. The van der Waals surface area contributed by atoms with Gasteiger partial charge < -0.3 is 10.2 Å². The molecule has 21 heavy (non-hydrogen) atoms. The first kappa shape index (κ1) is 13.7. The topological polar surface area (TPSA) is 75.8 Å². The molecule has 1 unspecified atom stereocenters. The van der Waals surface area contributed by atoms with E-state index in [1.165, 1.54) is 12.8 Å². The summed E-state index contributed by atoms with van der Waals surface area (Å²) in [6.07, 6.45) is 7.07. The fourth-order valence-corrected chi connectivity index (χ4v) is 3.31. The zero-order chi connectivity index (χ0) is 14.8. The average molecular weight is 281 g/mol. The van der Waals surface area contributed by atoms with Gasteiger partial charge in [-0.25, -0.2) is 4.98 Å². The van der Waals surface area contributed by atoms with E-state index in [1.54, 1.807) is 6.26 Å². The van der Waals surface area contributed by atoms with Crippen LogP contribution in [-0.2, 0) is 12.8 Å². The van der Waals surface area contributed by atoms with E-state index in [0.717, 1.165) is 36.1 Å². The Labute approximate surface area is 124 Å². The zero-order valence-corrected chi connectivity index (χ0v) is 12.2. The molecule has 4 nitrogen and oxygen atoms in total. The third kappa shape index (κ3) is 2.40. The number of hydrogen-bond acceptors (Lipinski definition) is 4. The second-order valence-electron chi connectivity index (χ2n) is 5.66. The normalized spacial score (nSPS) is 17.2. The number of anilines is 1. The number of pyridine rings is 1. The number of nitrogens with zero attached hydrogens (tertiary/aromatic N) is 2. The van der Waals surface area contributed by atoms with Crippen molar-refractivity contribution in [3.8, 4) is 17.4 Å². The molecule has 0 spiro atoms. The molecule has 108 valence electrons. The first-order valence-corrected chi connectivity index (χ1v) is 7.49. The number of aromatic nitrogens is 1. The molecule has 0 aliphatic heterocycles. The van der Waals surface area contributed by atoms with Crippen LogP contribution in [0.1, 0.15) is 43.0 Å². The van der Waals surface area contributed by atoms with Crippen LogP contribution in [0, 0.1) is 17.2 Å². The van der Waals surface area contributed by atoms with Crippen LogP contribution in [0.5, 0.6) is 0 Å². The molecule has 0 fully saturated rings. The first-order chi connectivity index (χ1) is 10.2.